The van der Waals surface area contributed by atoms with Crippen molar-refractivity contribution in [2.75, 3.05) is 19.7 Å². The third kappa shape index (κ3) is 6.14. The summed E-state index contributed by atoms with van der Waals surface area (Å²) >= 11 is 0. The molecular formula is C15H25NO5. The lowest BCUT2D eigenvalue weighted by Crippen LogP contribution is -2.46. The van der Waals surface area contributed by atoms with Crippen molar-refractivity contribution in [1.82, 2.24) is 4.90 Å². The molecule has 120 valence electrons. The topological polar surface area (TPSA) is 72.9 Å². The second kappa shape index (κ2) is 7.43. The largest absolute Gasteiger partial charge is 0.466 e. The zero-order valence-electron chi connectivity index (χ0n) is 13.3. The van der Waals surface area contributed by atoms with Gasteiger partial charge in [0.2, 0.25) is 0 Å². The fraction of sp³-hybridized carbons (Fsp3) is 0.800. The average molecular weight is 299 g/mol. The number of Topliss-reactive ketones (excluding diaryl/α,β-unsaturated/α-hetero) is 1. The summed E-state index contributed by atoms with van der Waals surface area (Å²) in [4.78, 5) is 36.8. The first-order valence-corrected chi connectivity index (χ1v) is 7.39. The molecule has 1 amide bonds. The number of piperidine rings is 1. The number of esters is 1. The summed E-state index contributed by atoms with van der Waals surface area (Å²) in [5.74, 6) is -0.519. The lowest BCUT2D eigenvalue weighted by molar-refractivity contribution is -0.143. The minimum Gasteiger partial charge on any atom is -0.466 e. The van der Waals surface area contributed by atoms with Gasteiger partial charge in [-0.3, -0.25) is 9.59 Å². The van der Waals surface area contributed by atoms with Crippen molar-refractivity contribution in [3.05, 3.63) is 0 Å². The van der Waals surface area contributed by atoms with Gasteiger partial charge in [0, 0.05) is 31.8 Å². The van der Waals surface area contributed by atoms with Crippen molar-refractivity contribution in [2.24, 2.45) is 5.92 Å². The number of amides is 1. The molecule has 0 spiro atoms. The fourth-order valence-electron chi connectivity index (χ4n) is 2.18. The Kier molecular flexibility index (Phi) is 6.18. The molecule has 6 nitrogen and oxygen atoms in total. The number of carbonyl (C=O) groups excluding carboxylic acids is 3. The molecule has 0 aromatic heterocycles. The van der Waals surface area contributed by atoms with Crippen LogP contribution in [0.5, 0.6) is 0 Å². The number of hydrogen-bond acceptors (Lipinski definition) is 5. The van der Waals surface area contributed by atoms with Crippen LogP contribution in [0, 0.1) is 5.92 Å². The summed E-state index contributed by atoms with van der Waals surface area (Å²) in [7, 11) is 0. The maximum Gasteiger partial charge on any atom is 0.410 e. The molecular weight excluding hydrogens is 274 g/mol. The molecule has 0 saturated carbocycles. The highest BCUT2D eigenvalue weighted by Gasteiger charge is 2.32. The smallest absolute Gasteiger partial charge is 0.410 e. The zero-order chi connectivity index (χ0) is 16.0. The maximum absolute atomic E-state index is 12.0. The average Bonchev–Trinajstić information content (AvgIpc) is 2.36. The van der Waals surface area contributed by atoms with Gasteiger partial charge in [-0.05, 0) is 34.1 Å². The van der Waals surface area contributed by atoms with Gasteiger partial charge in [-0.25, -0.2) is 4.79 Å². The van der Waals surface area contributed by atoms with E-state index in [2.05, 4.69) is 0 Å². The van der Waals surface area contributed by atoms with Crippen LogP contribution in [-0.2, 0) is 19.1 Å². The number of ketones is 1. The van der Waals surface area contributed by atoms with Gasteiger partial charge in [0.1, 0.15) is 11.4 Å². The summed E-state index contributed by atoms with van der Waals surface area (Å²) < 4.78 is 10.2. The molecule has 0 N–H and O–H groups in total. The number of nitrogens with zero attached hydrogens (tertiary/aromatic N) is 1. The molecule has 1 saturated heterocycles. The van der Waals surface area contributed by atoms with Gasteiger partial charge < -0.3 is 14.4 Å². The lowest BCUT2D eigenvalue weighted by Gasteiger charge is -2.33. The predicted octanol–water partition coefficient (Wildman–Crippen LogP) is 2.16. The Morgan fingerprint density at radius 2 is 2.00 bits per heavy atom. The number of carbonyl (C=O) groups is 3. The maximum atomic E-state index is 12.0. The summed E-state index contributed by atoms with van der Waals surface area (Å²) in [6, 6.07) is 0. The molecule has 1 rings (SSSR count). The van der Waals surface area contributed by atoms with Crippen LogP contribution in [0.4, 0.5) is 4.79 Å². The summed E-state index contributed by atoms with van der Waals surface area (Å²) in [5, 5.41) is 0. The molecule has 21 heavy (non-hydrogen) atoms. The Morgan fingerprint density at radius 3 is 2.57 bits per heavy atom. The first kappa shape index (κ1) is 17.5. The SMILES string of the molecule is CCOC(=O)CC[C@H]1CN(C(=O)OC(C)(C)C)CCC1=O. The molecule has 1 aliphatic heterocycles. The molecule has 0 bridgehead atoms. The van der Waals surface area contributed by atoms with Gasteiger partial charge in [0.05, 0.1) is 6.61 Å². The van der Waals surface area contributed by atoms with Crippen molar-refractivity contribution < 1.29 is 23.9 Å². The number of likely N-dealkylation sites (tertiary alicyclic amines) is 1. The van der Waals surface area contributed by atoms with Gasteiger partial charge in [-0.2, -0.15) is 0 Å². The van der Waals surface area contributed by atoms with Crippen LogP contribution in [0.25, 0.3) is 0 Å². The normalized spacial score (nSPS) is 19.3. The molecule has 0 aromatic rings. The van der Waals surface area contributed by atoms with Crippen molar-refractivity contribution in [3.63, 3.8) is 0 Å². The second-order valence-electron chi connectivity index (χ2n) is 6.18. The van der Waals surface area contributed by atoms with Gasteiger partial charge in [0.25, 0.3) is 0 Å². The molecule has 0 aliphatic carbocycles. The third-order valence-corrected chi connectivity index (χ3v) is 3.18. The van der Waals surface area contributed by atoms with E-state index >= 15 is 0 Å². The van der Waals surface area contributed by atoms with E-state index in [0.717, 1.165) is 0 Å². The Labute approximate surface area is 125 Å². The Morgan fingerprint density at radius 1 is 1.33 bits per heavy atom. The van der Waals surface area contributed by atoms with E-state index in [9.17, 15) is 14.4 Å². The molecule has 0 radical (unpaired) electrons. The molecule has 6 heteroatoms. The van der Waals surface area contributed by atoms with Crippen LogP contribution in [0.1, 0.15) is 47.0 Å². The van der Waals surface area contributed by atoms with Crippen LogP contribution < -0.4 is 0 Å². The van der Waals surface area contributed by atoms with Crippen molar-refractivity contribution in [1.29, 1.82) is 0 Å². The molecule has 0 aromatic carbocycles. The van der Waals surface area contributed by atoms with Gasteiger partial charge in [-0.15, -0.1) is 0 Å². The van der Waals surface area contributed by atoms with Crippen LogP contribution in [0.2, 0.25) is 0 Å². The summed E-state index contributed by atoms with van der Waals surface area (Å²) in [5.41, 5.74) is -0.557. The molecule has 0 unspecified atom stereocenters. The van der Waals surface area contributed by atoms with E-state index < -0.39 is 11.7 Å². The third-order valence-electron chi connectivity index (χ3n) is 3.18. The number of hydrogen-bond donors (Lipinski definition) is 0. The van der Waals surface area contributed by atoms with Gasteiger partial charge in [0.15, 0.2) is 0 Å². The van der Waals surface area contributed by atoms with E-state index in [-0.39, 0.29) is 24.1 Å². The van der Waals surface area contributed by atoms with Crippen LogP contribution in [0.3, 0.4) is 0 Å². The van der Waals surface area contributed by atoms with E-state index in [1.807, 2.05) is 0 Å². The van der Waals surface area contributed by atoms with Crippen LogP contribution in [-0.4, -0.2) is 48.0 Å². The molecule has 1 atom stereocenters. The zero-order valence-corrected chi connectivity index (χ0v) is 13.3. The van der Waals surface area contributed by atoms with Crippen molar-refractivity contribution in [2.45, 2.75) is 52.6 Å². The highest BCUT2D eigenvalue weighted by molar-refractivity contribution is 5.84. The quantitative estimate of drug-likeness (QED) is 0.744. The first-order valence-electron chi connectivity index (χ1n) is 7.39. The number of ether oxygens (including phenoxy) is 2. The standard InChI is InChI=1S/C15H25NO5/c1-5-20-13(18)7-6-11-10-16(9-8-12(11)17)14(19)21-15(2,3)4/h11H,5-10H2,1-4H3/t11-/m0/s1. The Bertz CT molecular complexity index is 399. The highest BCUT2D eigenvalue weighted by atomic mass is 16.6. The Balaban J connectivity index is 2.52. The molecule has 1 heterocycles. The first-order chi connectivity index (χ1) is 9.73. The monoisotopic (exact) mass is 299 g/mol. The number of rotatable bonds is 4. The second-order valence-corrected chi connectivity index (χ2v) is 6.18. The van der Waals surface area contributed by atoms with Crippen LogP contribution in [0.15, 0.2) is 0 Å². The summed E-state index contributed by atoms with van der Waals surface area (Å²) in [6.45, 7) is 8.18. The lowest BCUT2D eigenvalue weighted by atomic mass is 9.92. The Hall–Kier alpha value is -1.59. The van der Waals surface area contributed by atoms with E-state index in [1.54, 1.807) is 32.6 Å². The highest BCUT2D eigenvalue weighted by Crippen LogP contribution is 2.20. The van der Waals surface area contributed by atoms with Crippen molar-refractivity contribution in [3.8, 4) is 0 Å². The minimum atomic E-state index is -0.557. The van der Waals surface area contributed by atoms with Gasteiger partial charge >= 0.3 is 12.1 Å². The molecule has 1 aliphatic rings. The van der Waals surface area contributed by atoms with Crippen LogP contribution >= 0.6 is 0 Å². The fourth-order valence-corrected chi connectivity index (χ4v) is 2.18. The predicted molar refractivity (Wildman–Crippen MR) is 76.8 cm³/mol. The summed E-state index contributed by atoms with van der Waals surface area (Å²) in [6.07, 6.45) is 0.520. The van der Waals surface area contributed by atoms with Gasteiger partial charge in [-0.1, -0.05) is 0 Å². The van der Waals surface area contributed by atoms with Crippen molar-refractivity contribution >= 4 is 17.8 Å². The van der Waals surface area contributed by atoms with E-state index in [1.165, 1.54) is 0 Å². The van der Waals surface area contributed by atoms with E-state index in [0.29, 0.717) is 32.5 Å². The molecule has 1 fully saturated rings. The van der Waals surface area contributed by atoms with E-state index in [4.69, 9.17) is 9.47 Å². The minimum absolute atomic E-state index is 0.0964.